The van der Waals surface area contributed by atoms with E-state index in [4.69, 9.17) is 0 Å². The maximum absolute atomic E-state index is 12.9. The third-order valence-corrected chi connectivity index (χ3v) is 5.25. The van der Waals surface area contributed by atoms with Crippen molar-refractivity contribution in [1.29, 1.82) is 0 Å². The summed E-state index contributed by atoms with van der Waals surface area (Å²) in [4.78, 5) is 29.8. The average Bonchev–Trinajstić information content (AvgIpc) is 2.99. The van der Waals surface area contributed by atoms with Crippen LogP contribution in [0.4, 0.5) is 0 Å². The van der Waals surface area contributed by atoms with Crippen molar-refractivity contribution in [2.75, 3.05) is 19.6 Å². The van der Waals surface area contributed by atoms with E-state index in [1.165, 1.54) is 0 Å². The minimum absolute atomic E-state index is 0. The quantitative estimate of drug-likeness (QED) is 0.618. The van der Waals surface area contributed by atoms with E-state index in [0.717, 1.165) is 44.0 Å². The van der Waals surface area contributed by atoms with Gasteiger partial charge in [-0.3, -0.25) is 14.3 Å². The van der Waals surface area contributed by atoms with Crippen LogP contribution in [0.15, 0.2) is 17.1 Å². The van der Waals surface area contributed by atoms with Gasteiger partial charge in [-0.25, -0.2) is 4.98 Å². The van der Waals surface area contributed by atoms with Gasteiger partial charge in [0.2, 0.25) is 0 Å². The van der Waals surface area contributed by atoms with Gasteiger partial charge in [-0.05, 0) is 70.7 Å². The van der Waals surface area contributed by atoms with Gasteiger partial charge in [-0.1, -0.05) is 0 Å². The first-order valence-electron chi connectivity index (χ1n) is 10.0. The first kappa shape index (κ1) is 26.1. The van der Waals surface area contributed by atoms with E-state index >= 15 is 0 Å². The molecule has 0 bridgehead atoms. The predicted molar refractivity (Wildman–Crippen MR) is 122 cm³/mol. The van der Waals surface area contributed by atoms with Gasteiger partial charge in [0.05, 0.1) is 0 Å². The number of halogens is 2. The largest absolute Gasteiger partial charge is 0.352 e. The zero-order chi connectivity index (χ0) is 20.1. The normalized spacial score (nSPS) is 15.8. The second-order valence-electron chi connectivity index (χ2n) is 7.58. The predicted octanol–water partition coefficient (Wildman–Crippen LogP) is 2.03. The molecule has 0 aliphatic carbocycles. The van der Waals surface area contributed by atoms with Crippen LogP contribution in [0.3, 0.4) is 0 Å². The molecule has 2 N–H and O–H groups in total. The number of nitrogens with one attached hydrogen (secondary N) is 2. The van der Waals surface area contributed by atoms with Crippen molar-refractivity contribution in [1.82, 2.24) is 30.0 Å². The molecule has 3 rings (SSSR count). The number of amides is 1. The first-order chi connectivity index (χ1) is 13.5. The third-order valence-electron chi connectivity index (χ3n) is 5.25. The van der Waals surface area contributed by atoms with E-state index in [1.807, 2.05) is 31.5 Å². The van der Waals surface area contributed by atoms with E-state index < -0.39 is 0 Å². The van der Waals surface area contributed by atoms with Crippen LogP contribution in [-0.4, -0.2) is 44.9 Å². The molecule has 1 fully saturated rings. The number of aryl methyl sites for hydroxylation is 4. The van der Waals surface area contributed by atoms with Crippen LogP contribution in [0.5, 0.6) is 0 Å². The number of carbonyl (C=O) groups excluding carboxylic acids is 1. The van der Waals surface area contributed by atoms with E-state index in [2.05, 4.69) is 20.7 Å². The van der Waals surface area contributed by atoms with Gasteiger partial charge in [-0.2, -0.15) is 5.10 Å². The van der Waals surface area contributed by atoms with Gasteiger partial charge in [0.1, 0.15) is 17.2 Å². The Bertz CT molecular complexity index is 890. The lowest BCUT2D eigenvalue weighted by Crippen LogP contribution is -2.38. The summed E-state index contributed by atoms with van der Waals surface area (Å²) in [6.45, 7) is 9.36. The lowest BCUT2D eigenvalue weighted by Gasteiger charge is -2.23. The van der Waals surface area contributed by atoms with Crippen molar-refractivity contribution < 1.29 is 4.79 Å². The molecule has 0 aromatic carbocycles. The van der Waals surface area contributed by atoms with E-state index in [0.29, 0.717) is 31.1 Å². The number of piperidine rings is 1. The smallest absolute Gasteiger partial charge is 0.263 e. The summed E-state index contributed by atoms with van der Waals surface area (Å²) in [6, 6.07) is 1.86. The number of rotatable bonds is 7. The number of hydrogen-bond donors (Lipinski definition) is 2. The molecule has 2 aromatic rings. The van der Waals surface area contributed by atoms with Gasteiger partial charge >= 0.3 is 0 Å². The Kier molecular flexibility index (Phi) is 10.5. The minimum atomic E-state index is -0.301. The van der Waals surface area contributed by atoms with Crippen molar-refractivity contribution in [3.05, 3.63) is 45.4 Å². The molecule has 1 unspecified atom stereocenters. The number of hydrogen-bond acceptors (Lipinski definition) is 5. The van der Waals surface area contributed by atoms with E-state index in [1.54, 1.807) is 10.8 Å². The Labute approximate surface area is 189 Å². The fourth-order valence-electron chi connectivity index (χ4n) is 3.74. The Morgan fingerprint density at radius 1 is 1.30 bits per heavy atom. The summed E-state index contributed by atoms with van der Waals surface area (Å²) >= 11 is 0. The molecule has 10 heteroatoms. The Balaban J connectivity index is 0.00000225. The molecule has 8 nitrogen and oxygen atoms in total. The Morgan fingerprint density at radius 2 is 2.07 bits per heavy atom. The Hall–Kier alpha value is -1.90. The first-order valence-corrected chi connectivity index (χ1v) is 10.0. The molecular formula is C20H32Cl2N6O2. The molecule has 1 amide bonds. The highest BCUT2D eigenvalue weighted by Crippen LogP contribution is 2.12. The summed E-state index contributed by atoms with van der Waals surface area (Å²) in [6.07, 6.45) is 4.77. The fourth-order valence-corrected chi connectivity index (χ4v) is 3.74. The lowest BCUT2D eigenvalue weighted by molar-refractivity contribution is 0.0949. The lowest BCUT2D eigenvalue weighted by atomic mass is 9.99. The maximum atomic E-state index is 12.9. The van der Waals surface area contributed by atoms with Crippen molar-refractivity contribution >= 4 is 30.7 Å². The molecule has 0 saturated carbocycles. The van der Waals surface area contributed by atoms with E-state index in [9.17, 15) is 9.59 Å². The van der Waals surface area contributed by atoms with Gasteiger partial charge < -0.3 is 15.2 Å². The van der Waals surface area contributed by atoms with Gasteiger partial charge in [0, 0.05) is 25.8 Å². The molecule has 1 saturated heterocycles. The van der Waals surface area contributed by atoms with Crippen molar-refractivity contribution in [3.8, 4) is 0 Å². The maximum Gasteiger partial charge on any atom is 0.263 e. The molecule has 1 atom stereocenters. The molecular weight excluding hydrogens is 427 g/mol. The van der Waals surface area contributed by atoms with Crippen molar-refractivity contribution in [2.45, 2.75) is 53.1 Å². The molecule has 0 radical (unpaired) electrons. The second-order valence-corrected chi connectivity index (χ2v) is 7.58. The van der Waals surface area contributed by atoms with Crippen molar-refractivity contribution in [3.63, 3.8) is 0 Å². The van der Waals surface area contributed by atoms with Crippen molar-refractivity contribution in [2.24, 2.45) is 5.92 Å². The van der Waals surface area contributed by atoms with Crippen LogP contribution in [0.1, 0.15) is 46.8 Å². The van der Waals surface area contributed by atoms with Crippen LogP contribution in [-0.2, 0) is 13.1 Å². The summed E-state index contributed by atoms with van der Waals surface area (Å²) in [7, 11) is 0. The van der Waals surface area contributed by atoms with Crippen LogP contribution in [0.2, 0.25) is 0 Å². The zero-order valence-corrected chi connectivity index (χ0v) is 19.4. The molecule has 1 aliphatic heterocycles. The molecule has 168 valence electrons. The van der Waals surface area contributed by atoms with Crippen LogP contribution in [0, 0.1) is 26.7 Å². The van der Waals surface area contributed by atoms with Gasteiger partial charge in [0.15, 0.2) is 0 Å². The van der Waals surface area contributed by atoms with Crippen LogP contribution < -0.4 is 16.2 Å². The Morgan fingerprint density at radius 3 is 2.70 bits per heavy atom. The molecule has 0 spiro atoms. The number of carbonyl (C=O) groups is 1. The number of pyridine rings is 1. The summed E-state index contributed by atoms with van der Waals surface area (Å²) in [5, 5.41) is 10.6. The fraction of sp³-hybridized carbons (Fsp3) is 0.600. The average molecular weight is 459 g/mol. The zero-order valence-electron chi connectivity index (χ0n) is 17.8. The van der Waals surface area contributed by atoms with Gasteiger partial charge in [0.25, 0.3) is 11.5 Å². The number of aromatic nitrogens is 4. The van der Waals surface area contributed by atoms with Gasteiger partial charge in [-0.15, -0.1) is 24.8 Å². The van der Waals surface area contributed by atoms with Crippen LogP contribution >= 0.6 is 24.8 Å². The summed E-state index contributed by atoms with van der Waals surface area (Å²) < 4.78 is 3.52. The standard InChI is InChI=1S/C20H30N6O2.2ClH/c1-14-7-11-25(13-17-6-4-8-21-12-17)20(28)18(14)19(27)22-9-5-10-26-16(3)23-15(2)24-26;;/h7,11,17,21H,4-6,8-10,12-13H2,1-3H3,(H,22,27);2*1H. The highest BCUT2D eigenvalue weighted by atomic mass is 35.5. The third kappa shape index (κ3) is 6.55. The highest BCUT2D eigenvalue weighted by Gasteiger charge is 2.18. The molecule has 3 heterocycles. The molecule has 30 heavy (non-hydrogen) atoms. The molecule has 1 aliphatic rings. The molecule has 2 aromatic heterocycles. The monoisotopic (exact) mass is 458 g/mol. The second kappa shape index (κ2) is 12.1. The minimum Gasteiger partial charge on any atom is -0.352 e. The summed E-state index contributed by atoms with van der Waals surface area (Å²) in [5.74, 6) is 1.74. The highest BCUT2D eigenvalue weighted by molar-refractivity contribution is 5.95. The number of nitrogens with zero attached hydrogens (tertiary/aromatic N) is 4. The SMILES string of the molecule is Cc1nc(C)n(CCCNC(=O)c2c(C)ccn(CC3CCCNC3)c2=O)n1.Cl.Cl. The van der Waals surface area contributed by atoms with Crippen LogP contribution in [0.25, 0.3) is 0 Å². The topological polar surface area (TPSA) is 93.8 Å². The van der Waals surface area contributed by atoms with E-state index in [-0.39, 0.29) is 41.8 Å². The summed E-state index contributed by atoms with van der Waals surface area (Å²) in [5.41, 5.74) is 0.758.